The maximum atomic E-state index is 12.9. The topological polar surface area (TPSA) is 71.1 Å². The summed E-state index contributed by atoms with van der Waals surface area (Å²) in [5.41, 5.74) is 0.904. The lowest BCUT2D eigenvalue weighted by Gasteiger charge is -2.31. The smallest absolute Gasteiger partial charge is 0.317 e. The van der Waals surface area contributed by atoms with Gasteiger partial charge in [-0.25, -0.2) is 4.79 Å². The molecule has 1 aliphatic heterocycles. The minimum Gasteiger partial charge on any atom is -0.497 e. The molecule has 3 amide bonds. The third-order valence-corrected chi connectivity index (χ3v) is 6.32. The predicted molar refractivity (Wildman–Crippen MR) is 117 cm³/mol. The SMILES string of the molecule is CCCNC(=O)N(CCN1C(=O)[C@@H](C)S[C@@H]1c1cc(OC)ccc1OC)C(C)C. The van der Waals surface area contributed by atoms with Crippen LogP contribution in [0.15, 0.2) is 18.2 Å². The van der Waals surface area contributed by atoms with E-state index < -0.39 is 0 Å². The fourth-order valence-electron chi connectivity index (χ4n) is 3.32. The summed E-state index contributed by atoms with van der Waals surface area (Å²) >= 11 is 1.59. The first kappa shape index (κ1) is 23.2. The lowest BCUT2D eigenvalue weighted by atomic mass is 10.1. The summed E-state index contributed by atoms with van der Waals surface area (Å²) in [7, 11) is 3.24. The number of nitrogens with one attached hydrogen (secondary N) is 1. The van der Waals surface area contributed by atoms with E-state index in [1.807, 2.05) is 50.8 Å². The molecule has 29 heavy (non-hydrogen) atoms. The van der Waals surface area contributed by atoms with Crippen molar-refractivity contribution < 1.29 is 19.1 Å². The summed E-state index contributed by atoms with van der Waals surface area (Å²) in [5.74, 6) is 1.51. The van der Waals surface area contributed by atoms with Crippen LogP contribution in [-0.4, -0.2) is 66.9 Å². The van der Waals surface area contributed by atoms with Gasteiger partial charge in [-0.1, -0.05) is 6.92 Å². The maximum Gasteiger partial charge on any atom is 0.317 e. The zero-order chi connectivity index (χ0) is 21.6. The highest BCUT2D eigenvalue weighted by atomic mass is 32.2. The van der Waals surface area contributed by atoms with Crippen LogP contribution in [0.4, 0.5) is 4.79 Å². The van der Waals surface area contributed by atoms with Crippen LogP contribution in [-0.2, 0) is 4.79 Å². The normalized spacial score (nSPS) is 18.9. The van der Waals surface area contributed by atoms with E-state index in [1.54, 1.807) is 30.9 Å². The van der Waals surface area contributed by atoms with E-state index in [1.165, 1.54) is 0 Å². The molecule has 0 saturated carbocycles. The zero-order valence-electron chi connectivity index (χ0n) is 18.2. The molecule has 2 rings (SSSR count). The van der Waals surface area contributed by atoms with E-state index in [-0.39, 0.29) is 28.6 Å². The van der Waals surface area contributed by atoms with E-state index in [2.05, 4.69) is 5.32 Å². The van der Waals surface area contributed by atoms with Gasteiger partial charge >= 0.3 is 6.03 Å². The molecular weight excluding hydrogens is 390 g/mol. The minimum atomic E-state index is -0.185. The number of thioether (sulfide) groups is 1. The molecule has 0 radical (unpaired) electrons. The van der Waals surface area contributed by atoms with Crippen molar-refractivity contribution in [2.24, 2.45) is 0 Å². The fraction of sp³-hybridized carbons (Fsp3) is 0.619. The van der Waals surface area contributed by atoms with E-state index in [0.717, 1.165) is 23.5 Å². The second-order valence-electron chi connectivity index (χ2n) is 7.29. The third-order valence-electron chi connectivity index (χ3n) is 4.94. The average molecular weight is 424 g/mol. The summed E-state index contributed by atoms with van der Waals surface area (Å²) in [5, 5.41) is 2.59. The van der Waals surface area contributed by atoms with Crippen LogP contribution >= 0.6 is 11.8 Å². The van der Waals surface area contributed by atoms with Gasteiger partial charge in [0.25, 0.3) is 0 Å². The van der Waals surface area contributed by atoms with E-state index in [9.17, 15) is 9.59 Å². The molecule has 1 saturated heterocycles. The Hall–Kier alpha value is -2.09. The highest BCUT2D eigenvalue weighted by Gasteiger charge is 2.40. The maximum absolute atomic E-state index is 12.9. The van der Waals surface area contributed by atoms with Gasteiger partial charge in [0.15, 0.2) is 0 Å². The van der Waals surface area contributed by atoms with E-state index in [0.29, 0.717) is 19.6 Å². The second-order valence-corrected chi connectivity index (χ2v) is 8.72. The van der Waals surface area contributed by atoms with Gasteiger partial charge in [-0.15, -0.1) is 11.8 Å². The van der Waals surface area contributed by atoms with Crippen molar-refractivity contribution in [3.8, 4) is 11.5 Å². The Labute approximate surface area is 178 Å². The van der Waals surface area contributed by atoms with Gasteiger partial charge < -0.3 is 24.6 Å². The number of rotatable bonds is 9. The summed E-state index contributed by atoms with van der Waals surface area (Å²) < 4.78 is 10.9. The molecule has 0 aliphatic carbocycles. The van der Waals surface area contributed by atoms with Gasteiger partial charge in [-0.2, -0.15) is 0 Å². The minimum absolute atomic E-state index is 0.0412. The van der Waals surface area contributed by atoms with Gasteiger partial charge in [-0.05, 0) is 45.4 Å². The van der Waals surface area contributed by atoms with Crippen molar-refractivity contribution in [1.29, 1.82) is 0 Å². The van der Waals surface area contributed by atoms with E-state index >= 15 is 0 Å². The molecule has 1 aliphatic rings. The molecule has 1 fully saturated rings. The molecule has 1 aromatic rings. The van der Waals surface area contributed by atoms with Crippen molar-refractivity contribution in [3.63, 3.8) is 0 Å². The van der Waals surface area contributed by atoms with Gasteiger partial charge in [0.2, 0.25) is 5.91 Å². The van der Waals surface area contributed by atoms with Crippen LogP contribution in [0.3, 0.4) is 0 Å². The van der Waals surface area contributed by atoms with Crippen molar-refractivity contribution in [2.45, 2.75) is 50.8 Å². The van der Waals surface area contributed by atoms with Gasteiger partial charge in [0, 0.05) is 31.2 Å². The Morgan fingerprint density at radius 3 is 2.62 bits per heavy atom. The van der Waals surface area contributed by atoms with Gasteiger partial charge in [0.1, 0.15) is 16.9 Å². The fourth-order valence-corrected chi connectivity index (χ4v) is 4.64. The van der Waals surface area contributed by atoms with Crippen molar-refractivity contribution >= 4 is 23.7 Å². The van der Waals surface area contributed by atoms with Crippen LogP contribution in [0.1, 0.15) is 45.1 Å². The molecule has 1 aromatic carbocycles. The quantitative estimate of drug-likeness (QED) is 0.658. The number of carbonyl (C=O) groups excluding carboxylic acids is 2. The molecule has 0 bridgehead atoms. The van der Waals surface area contributed by atoms with Crippen molar-refractivity contribution in [3.05, 3.63) is 23.8 Å². The average Bonchev–Trinajstić information content (AvgIpc) is 2.99. The molecule has 162 valence electrons. The first-order chi connectivity index (χ1) is 13.8. The van der Waals surface area contributed by atoms with Gasteiger partial charge in [0.05, 0.1) is 19.5 Å². The third kappa shape index (κ3) is 5.50. The lowest BCUT2D eigenvalue weighted by molar-refractivity contribution is -0.130. The highest BCUT2D eigenvalue weighted by Crippen LogP contribution is 2.46. The Balaban J connectivity index is 2.23. The molecule has 7 nitrogen and oxygen atoms in total. The number of benzene rings is 1. The molecule has 8 heteroatoms. The standard InChI is InChI=1S/C21H33N3O4S/c1-7-10-22-21(26)23(14(2)3)11-12-24-19(25)15(4)29-20(24)17-13-16(27-5)8-9-18(17)28-6/h8-9,13-15,20H,7,10-12H2,1-6H3,(H,22,26)/t15-,20-/m1/s1. The Morgan fingerprint density at radius 1 is 1.31 bits per heavy atom. The van der Waals surface area contributed by atoms with Gasteiger partial charge in [-0.3, -0.25) is 4.79 Å². The second kappa shape index (κ2) is 10.6. The van der Waals surface area contributed by atoms with Crippen LogP contribution in [0.25, 0.3) is 0 Å². The van der Waals surface area contributed by atoms with Crippen molar-refractivity contribution in [1.82, 2.24) is 15.1 Å². The lowest BCUT2D eigenvalue weighted by Crippen LogP contribution is -2.48. The summed E-state index contributed by atoms with van der Waals surface area (Å²) in [6.07, 6.45) is 0.883. The number of ether oxygens (including phenoxy) is 2. The Bertz CT molecular complexity index is 713. The largest absolute Gasteiger partial charge is 0.497 e. The molecule has 0 spiro atoms. The summed E-state index contributed by atoms with van der Waals surface area (Å²) in [4.78, 5) is 29.0. The zero-order valence-corrected chi connectivity index (χ0v) is 19.0. The Morgan fingerprint density at radius 2 is 2.03 bits per heavy atom. The first-order valence-corrected chi connectivity index (χ1v) is 11.0. The molecule has 0 unspecified atom stereocenters. The number of urea groups is 1. The van der Waals surface area contributed by atoms with Crippen LogP contribution < -0.4 is 14.8 Å². The molecular formula is C21H33N3O4S. The number of hydrogen-bond acceptors (Lipinski definition) is 5. The number of methoxy groups -OCH3 is 2. The molecule has 1 N–H and O–H groups in total. The molecule has 2 atom stereocenters. The first-order valence-electron chi connectivity index (χ1n) is 10.1. The number of hydrogen-bond donors (Lipinski definition) is 1. The molecule has 1 heterocycles. The van der Waals surface area contributed by atoms with Crippen LogP contribution in [0.2, 0.25) is 0 Å². The number of carbonyl (C=O) groups is 2. The molecule has 0 aromatic heterocycles. The number of nitrogens with zero attached hydrogens (tertiary/aromatic N) is 2. The predicted octanol–water partition coefficient (Wildman–Crippen LogP) is 3.50. The summed E-state index contributed by atoms with van der Waals surface area (Å²) in [6.45, 7) is 9.47. The number of amides is 3. The van der Waals surface area contributed by atoms with Crippen molar-refractivity contribution in [2.75, 3.05) is 33.9 Å². The Kier molecular flexibility index (Phi) is 8.49. The van der Waals surface area contributed by atoms with Crippen LogP contribution in [0.5, 0.6) is 11.5 Å². The van der Waals surface area contributed by atoms with E-state index in [4.69, 9.17) is 9.47 Å². The van der Waals surface area contributed by atoms with Crippen LogP contribution in [0, 0.1) is 0 Å². The highest BCUT2D eigenvalue weighted by molar-refractivity contribution is 8.01. The summed E-state index contributed by atoms with van der Waals surface area (Å²) in [6, 6.07) is 5.57. The monoisotopic (exact) mass is 423 g/mol.